The Bertz CT molecular complexity index is 642. The summed E-state index contributed by atoms with van der Waals surface area (Å²) in [5, 5.41) is 1.44. The third kappa shape index (κ3) is 2.78. The van der Waals surface area contributed by atoms with E-state index in [1.807, 2.05) is 36.4 Å². The average molecular weight is 308 g/mol. The Kier molecular flexibility index (Phi) is 3.88. The summed E-state index contributed by atoms with van der Waals surface area (Å²) < 4.78 is 5.70. The van der Waals surface area contributed by atoms with E-state index in [1.54, 1.807) is 0 Å². The lowest BCUT2D eigenvalue weighted by Crippen LogP contribution is -2.13. The first-order valence-corrected chi connectivity index (χ1v) is 7.34. The number of hydrogen-bond donors (Lipinski definition) is 1. The molecule has 20 heavy (non-hydrogen) atoms. The number of hydrogen-bond acceptors (Lipinski definition) is 2. The zero-order valence-electron chi connectivity index (χ0n) is 10.9. The van der Waals surface area contributed by atoms with Crippen molar-refractivity contribution in [3.05, 3.63) is 63.1 Å². The molecule has 1 heterocycles. The molecule has 0 saturated heterocycles. The first-order valence-electron chi connectivity index (χ1n) is 6.58. The van der Waals surface area contributed by atoms with Crippen LogP contribution in [0.2, 0.25) is 10.0 Å². The molecule has 1 aliphatic rings. The Morgan fingerprint density at radius 2 is 2.00 bits per heavy atom. The molecule has 0 aromatic heterocycles. The van der Waals surface area contributed by atoms with Crippen LogP contribution in [-0.4, -0.2) is 6.61 Å². The highest BCUT2D eigenvalue weighted by Gasteiger charge is 2.19. The van der Waals surface area contributed by atoms with Crippen molar-refractivity contribution in [3.63, 3.8) is 0 Å². The molecule has 0 spiro atoms. The van der Waals surface area contributed by atoms with Crippen molar-refractivity contribution in [2.24, 2.45) is 5.73 Å². The smallest absolute Gasteiger partial charge is 0.125 e. The topological polar surface area (TPSA) is 35.2 Å². The van der Waals surface area contributed by atoms with Crippen LogP contribution in [0.1, 0.15) is 22.7 Å². The van der Waals surface area contributed by atoms with Crippen molar-refractivity contribution in [3.8, 4) is 5.75 Å². The van der Waals surface area contributed by atoms with E-state index >= 15 is 0 Å². The number of rotatable bonds is 3. The van der Waals surface area contributed by atoms with Crippen LogP contribution in [0.4, 0.5) is 0 Å². The summed E-state index contributed by atoms with van der Waals surface area (Å²) in [6.07, 6.45) is 1.60. The van der Waals surface area contributed by atoms with E-state index in [4.69, 9.17) is 33.7 Å². The Morgan fingerprint density at radius 3 is 2.80 bits per heavy atom. The number of fused-ring (bicyclic) bond motifs is 1. The molecule has 2 aromatic carbocycles. The summed E-state index contributed by atoms with van der Waals surface area (Å²) in [6.45, 7) is 0.717. The van der Waals surface area contributed by atoms with Crippen LogP contribution in [0.25, 0.3) is 0 Å². The lowest BCUT2D eigenvalue weighted by molar-refractivity contribution is 0.352. The van der Waals surface area contributed by atoms with Crippen LogP contribution < -0.4 is 10.5 Å². The fourth-order valence-corrected chi connectivity index (χ4v) is 3.05. The number of benzene rings is 2. The molecule has 1 atom stereocenters. The molecule has 0 radical (unpaired) electrons. The van der Waals surface area contributed by atoms with Crippen molar-refractivity contribution in [1.82, 2.24) is 0 Å². The fraction of sp³-hybridized carbons (Fsp3) is 0.250. The normalized spacial score (nSPS) is 14.8. The summed E-state index contributed by atoms with van der Waals surface area (Å²) in [5.41, 5.74) is 9.54. The van der Waals surface area contributed by atoms with Crippen LogP contribution >= 0.6 is 23.2 Å². The maximum atomic E-state index is 6.28. The van der Waals surface area contributed by atoms with Crippen molar-refractivity contribution in [1.29, 1.82) is 0 Å². The van der Waals surface area contributed by atoms with Gasteiger partial charge in [0.2, 0.25) is 0 Å². The molecule has 2 nitrogen and oxygen atoms in total. The Hall–Kier alpha value is -1.22. The highest BCUT2D eigenvalue weighted by molar-refractivity contribution is 6.31. The second kappa shape index (κ2) is 5.65. The Morgan fingerprint density at radius 1 is 1.15 bits per heavy atom. The molecular formula is C16H15Cl2NO. The quantitative estimate of drug-likeness (QED) is 0.923. The largest absolute Gasteiger partial charge is 0.493 e. The van der Waals surface area contributed by atoms with Crippen molar-refractivity contribution < 1.29 is 4.74 Å². The van der Waals surface area contributed by atoms with Crippen LogP contribution in [0.3, 0.4) is 0 Å². The third-order valence-corrected chi connectivity index (χ3v) is 4.00. The predicted molar refractivity (Wildman–Crippen MR) is 82.7 cm³/mol. The average Bonchev–Trinajstić information content (AvgIpc) is 2.86. The SMILES string of the molecule is NC(Cc1cc(Cl)cc2c1OCC2)c1cccc(Cl)c1. The van der Waals surface area contributed by atoms with E-state index in [1.165, 1.54) is 5.56 Å². The highest BCUT2D eigenvalue weighted by atomic mass is 35.5. The van der Waals surface area contributed by atoms with Gasteiger partial charge in [-0.1, -0.05) is 35.3 Å². The van der Waals surface area contributed by atoms with Gasteiger partial charge < -0.3 is 10.5 Å². The second-order valence-corrected chi connectivity index (χ2v) is 5.89. The van der Waals surface area contributed by atoms with Gasteiger partial charge in [-0.2, -0.15) is 0 Å². The maximum absolute atomic E-state index is 6.28. The lowest BCUT2D eigenvalue weighted by atomic mass is 9.97. The zero-order valence-corrected chi connectivity index (χ0v) is 12.4. The zero-order chi connectivity index (χ0) is 14.1. The van der Waals surface area contributed by atoms with Crippen LogP contribution in [0.5, 0.6) is 5.75 Å². The molecule has 2 aromatic rings. The molecule has 2 N–H and O–H groups in total. The minimum Gasteiger partial charge on any atom is -0.493 e. The van der Waals surface area contributed by atoms with Gasteiger partial charge in [-0.25, -0.2) is 0 Å². The summed E-state index contributed by atoms with van der Waals surface area (Å²) in [6, 6.07) is 11.4. The van der Waals surface area contributed by atoms with Gasteiger partial charge in [-0.05, 0) is 47.4 Å². The molecule has 4 heteroatoms. The van der Waals surface area contributed by atoms with Crippen molar-refractivity contribution in [2.75, 3.05) is 6.61 Å². The van der Waals surface area contributed by atoms with Gasteiger partial charge in [-0.3, -0.25) is 0 Å². The molecule has 0 amide bonds. The summed E-state index contributed by atoms with van der Waals surface area (Å²) in [7, 11) is 0. The molecule has 1 aliphatic heterocycles. The predicted octanol–water partition coefficient (Wildman–Crippen LogP) is 4.17. The molecule has 3 rings (SSSR count). The van der Waals surface area contributed by atoms with Gasteiger partial charge in [0.05, 0.1) is 6.61 Å². The van der Waals surface area contributed by atoms with Crippen LogP contribution in [0, 0.1) is 0 Å². The van der Waals surface area contributed by atoms with Gasteiger partial charge in [0.25, 0.3) is 0 Å². The van der Waals surface area contributed by atoms with E-state index in [0.717, 1.165) is 34.9 Å². The summed E-state index contributed by atoms with van der Waals surface area (Å²) in [5.74, 6) is 0.951. The van der Waals surface area contributed by atoms with Crippen molar-refractivity contribution >= 4 is 23.2 Å². The maximum Gasteiger partial charge on any atom is 0.125 e. The highest BCUT2D eigenvalue weighted by Crippen LogP contribution is 2.35. The fourth-order valence-electron chi connectivity index (χ4n) is 2.59. The second-order valence-electron chi connectivity index (χ2n) is 5.02. The first kappa shape index (κ1) is 13.7. The molecule has 0 bridgehead atoms. The van der Waals surface area contributed by atoms with Crippen molar-refractivity contribution in [2.45, 2.75) is 18.9 Å². The summed E-state index contributed by atoms with van der Waals surface area (Å²) >= 11 is 12.2. The summed E-state index contributed by atoms with van der Waals surface area (Å²) in [4.78, 5) is 0. The lowest BCUT2D eigenvalue weighted by Gasteiger charge is -2.15. The minimum atomic E-state index is -0.125. The number of nitrogens with two attached hydrogens (primary N) is 1. The third-order valence-electron chi connectivity index (χ3n) is 3.54. The molecule has 0 saturated carbocycles. The van der Waals surface area contributed by atoms with E-state index in [0.29, 0.717) is 11.4 Å². The van der Waals surface area contributed by atoms with Gasteiger partial charge in [0.15, 0.2) is 0 Å². The molecule has 0 fully saturated rings. The van der Waals surface area contributed by atoms with Gasteiger partial charge >= 0.3 is 0 Å². The van der Waals surface area contributed by atoms with Gasteiger partial charge in [0, 0.05) is 22.5 Å². The number of ether oxygens (including phenoxy) is 1. The monoisotopic (exact) mass is 307 g/mol. The Labute approximate surface area is 128 Å². The molecule has 104 valence electrons. The van der Waals surface area contributed by atoms with Crippen LogP contribution in [0.15, 0.2) is 36.4 Å². The van der Waals surface area contributed by atoms with Crippen LogP contribution in [-0.2, 0) is 12.8 Å². The minimum absolute atomic E-state index is 0.125. The Balaban J connectivity index is 1.88. The molecule has 0 aliphatic carbocycles. The van der Waals surface area contributed by atoms with Gasteiger partial charge in [0.1, 0.15) is 5.75 Å². The first-order chi connectivity index (χ1) is 9.63. The van der Waals surface area contributed by atoms with E-state index < -0.39 is 0 Å². The van der Waals surface area contributed by atoms with Gasteiger partial charge in [-0.15, -0.1) is 0 Å². The standard InChI is InChI=1S/C16H15Cl2NO/c17-13-3-1-2-10(6-13)15(19)9-12-8-14(18)7-11-4-5-20-16(11)12/h1-3,6-8,15H,4-5,9,19H2. The van der Waals surface area contributed by atoms with E-state index in [-0.39, 0.29) is 6.04 Å². The molecular weight excluding hydrogens is 293 g/mol. The number of halogens is 2. The van der Waals surface area contributed by atoms with E-state index in [9.17, 15) is 0 Å². The van der Waals surface area contributed by atoms with E-state index in [2.05, 4.69) is 0 Å². The molecule has 1 unspecified atom stereocenters.